The third-order valence-corrected chi connectivity index (χ3v) is 4.04. The third-order valence-electron chi connectivity index (χ3n) is 4.04. The maximum atomic E-state index is 5.40. The summed E-state index contributed by atoms with van der Waals surface area (Å²) in [5, 5.41) is 4.09. The number of H-pyrrole nitrogens is 1. The Labute approximate surface area is 148 Å². The number of unbranched alkanes of at least 4 members (excludes halogenated alkanes) is 1. The lowest BCUT2D eigenvalue weighted by Gasteiger charge is -2.12. The molecule has 2 aromatic heterocycles. The molecule has 1 N–H and O–H groups in total. The van der Waals surface area contributed by atoms with Crippen LogP contribution in [0.5, 0.6) is 0 Å². The van der Waals surface area contributed by atoms with E-state index in [2.05, 4.69) is 51.0 Å². The summed E-state index contributed by atoms with van der Waals surface area (Å²) >= 11 is 0. The highest BCUT2D eigenvalue weighted by molar-refractivity contribution is 5.55. The zero-order valence-electron chi connectivity index (χ0n) is 15.1. The van der Waals surface area contributed by atoms with Crippen molar-refractivity contribution in [2.75, 3.05) is 7.05 Å². The van der Waals surface area contributed by atoms with Gasteiger partial charge in [-0.2, -0.15) is 4.98 Å². The zero-order chi connectivity index (χ0) is 17.6. The lowest BCUT2D eigenvalue weighted by molar-refractivity contribution is 0.259. The molecule has 0 aliphatic heterocycles. The van der Waals surface area contributed by atoms with Gasteiger partial charge < -0.3 is 9.51 Å². The van der Waals surface area contributed by atoms with Crippen molar-refractivity contribution in [3.63, 3.8) is 0 Å². The van der Waals surface area contributed by atoms with Crippen LogP contribution in [0.25, 0.3) is 11.4 Å². The quantitative estimate of drug-likeness (QED) is 0.677. The van der Waals surface area contributed by atoms with Crippen LogP contribution in [-0.4, -0.2) is 32.1 Å². The topological polar surface area (TPSA) is 70.8 Å². The minimum atomic E-state index is 0.599. The molecule has 0 saturated heterocycles. The van der Waals surface area contributed by atoms with Crippen LogP contribution in [0.4, 0.5) is 0 Å². The van der Waals surface area contributed by atoms with Gasteiger partial charge in [0.1, 0.15) is 5.82 Å². The molecule has 3 aromatic rings. The highest BCUT2D eigenvalue weighted by atomic mass is 16.5. The van der Waals surface area contributed by atoms with Gasteiger partial charge in [-0.25, -0.2) is 4.98 Å². The summed E-state index contributed by atoms with van der Waals surface area (Å²) in [7, 11) is 2.03. The fourth-order valence-corrected chi connectivity index (χ4v) is 2.76. The van der Waals surface area contributed by atoms with E-state index < -0.39 is 0 Å². The van der Waals surface area contributed by atoms with Gasteiger partial charge in [-0.05, 0) is 26.5 Å². The van der Waals surface area contributed by atoms with Gasteiger partial charge in [0.15, 0.2) is 0 Å². The number of hydrogen-bond acceptors (Lipinski definition) is 5. The van der Waals surface area contributed by atoms with Crippen LogP contribution in [-0.2, 0) is 19.5 Å². The van der Waals surface area contributed by atoms with Gasteiger partial charge in [0.05, 0.1) is 6.54 Å². The monoisotopic (exact) mass is 339 g/mol. The summed E-state index contributed by atoms with van der Waals surface area (Å²) in [5.41, 5.74) is 3.26. The molecular weight excluding hydrogens is 314 g/mol. The van der Waals surface area contributed by atoms with E-state index in [1.165, 1.54) is 12.0 Å². The Morgan fingerprint density at radius 3 is 2.92 bits per heavy atom. The molecule has 0 amide bonds. The first kappa shape index (κ1) is 17.4. The molecule has 0 spiro atoms. The summed E-state index contributed by atoms with van der Waals surface area (Å²) in [6, 6.07) is 8.10. The summed E-state index contributed by atoms with van der Waals surface area (Å²) < 4.78 is 5.40. The number of aryl methyl sites for hydroxylation is 2. The van der Waals surface area contributed by atoms with Crippen molar-refractivity contribution in [2.24, 2.45) is 0 Å². The maximum Gasteiger partial charge on any atom is 0.241 e. The second-order valence-corrected chi connectivity index (χ2v) is 6.51. The first-order chi connectivity index (χ1) is 12.1. The highest BCUT2D eigenvalue weighted by Gasteiger charge is 2.12. The summed E-state index contributed by atoms with van der Waals surface area (Å²) in [6.45, 7) is 5.61. The number of nitrogens with one attached hydrogen (secondary N) is 1. The maximum absolute atomic E-state index is 5.40. The van der Waals surface area contributed by atoms with E-state index in [1.807, 2.05) is 25.4 Å². The van der Waals surface area contributed by atoms with Crippen LogP contribution < -0.4 is 0 Å². The Hall–Kier alpha value is -2.47. The standard InChI is InChI=1S/C19H25N5O/c1-4-5-9-17-20-11-16(21-17)12-24(3)13-18-22-19(23-25-18)15-8-6-7-14(2)10-15/h6-8,10-11H,4-5,9,12-13H2,1-3H3,(H,20,21). The van der Waals surface area contributed by atoms with Crippen LogP contribution in [0.15, 0.2) is 35.0 Å². The molecule has 2 heterocycles. The van der Waals surface area contributed by atoms with Crippen LogP contribution in [0.2, 0.25) is 0 Å². The van der Waals surface area contributed by atoms with Crippen molar-refractivity contribution in [3.05, 3.63) is 53.4 Å². The van der Waals surface area contributed by atoms with Crippen molar-refractivity contribution in [1.82, 2.24) is 25.0 Å². The van der Waals surface area contributed by atoms with E-state index in [4.69, 9.17) is 4.52 Å². The normalized spacial score (nSPS) is 11.4. The Kier molecular flexibility index (Phi) is 5.60. The molecule has 0 saturated carbocycles. The van der Waals surface area contributed by atoms with Crippen LogP contribution in [0, 0.1) is 6.92 Å². The minimum Gasteiger partial charge on any atom is -0.345 e. The lowest BCUT2D eigenvalue weighted by atomic mass is 10.1. The molecule has 0 bridgehead atoms. The second kappa shape index (κ2) is 8.07. The molecule has 1 aromatic carbocycles. The first-order valence-corrected chi connectivity index (χ1v) is 8.75. The fourth-order valence-electron chi connectivity index (χ4n) is 2.76. The minimum absolute atomic E-state index is 0.599. The lowest BCUT2D eigenvalue weighted by Crippen LogP contribution is -2.17. The molecule has 0 unspecified atom stereocenters. The van der Waals surface area contributed by atoms with Crippen LogP contribution in [0.3, 0.4) is 0 Å². The molecule has 6 heteroatoms. The number of benzene rings is 1. The Bertz CT molecular complexity index is 808. The largest absolute Gasteiger partial charge is 0.345 e. The molecule has 0 radical (unpaired) electrons. The van der Waals surface area contributed by atoms with E-state index in [9.17, 15) is 0 Å². The molecule has 25 heavy (non-hydrogen) atoms. The molecular formula is C19H25N5O. The summed E-state index contributed by atoms with van der Waals surface area (Å²) in [5.74, 6) is 2.31. The van der Waals surface area contributed by atoms with E-state index >= 15 is 0 Å². The van der Waals surface area contributed by atoms with Gasteiger partial charge in [0.25, 0.3) is 0 Å². The Balaban J connectivity index is 1.58. The third kappa shape index (κ3) is 4.76. The van der Waals surface area contributed by atoms with Crippen LogP contribution in [0.1, 0.15) is 42.7 Å². The van der Waals surface area contributed by atoms with E-state index in [0.29, 0.717) is 18.3 Å². The molecule has 0 fully saturated rings. The second-order valence-electron chi connectivity index (χ2n) is 6.51. The molecule has 0 aliphatic carbocycles. The summed E-state index contributed by atoms with van der Waals surface area (Å²) in [4.78, 5) is 14.4. The van der Waals surface area contributed by atoms with Gasteiger partial charge in [-0.3, -0.25) is 4.90 Å². The number of imidazole rings is 1. The summed E-state index contributed by atoms with van der Waals surface area (Å²) in [6.07, 6.45) is 5.25. The molecule has 6 nitrogen and oxygen atoms in total. The fraction of sp³-hybridized carbons (Fsp3) is 0.421. The van der Waals surface area contributed by atoms with E-state index in [1.54, 1.807) is 0 Å². The van der Waals surface area contributed by atoms with Crippen molar-refractivity contribution < 1.29 is 4.52 Å². The number of hydrogen-bond donors (Lipinski definition) is 1. The van der Waals surface area contributed by atoms with Gasteiger partial charge >= 0.3 is 0 Å². The first-order valence-electron chi connectivity index (χ1n) is 8.75. The van der Waals surface area contributed by atoms with Gasteiger partial charge in [0, 0.05) is 30.4 Å². The van der Waals surface area contributed by atoms with E-state index in [-0.39, 0.29) is 0 Å². The molecule has 132 valence electrons. The number of rotatable bonds is 8. The average Bonchev–Trinajstić information content (AvgIpc) is 3.22. The van der Waals surface area contributed by atoms with Crippen molar-refractivity contribution in [2.45, 2.75) is 46.2 Å². The van der Waals surface area contributed by atoms with Crippen molar-refractivity contribution in [1.29, 1.82) is 0 Å². The van der Waals surface area contributed by atoms with Gasteiger partial charge in [-0.1, -0.05) is 42.3 Å². The molecule has 3 rings (SSSR count). The Morgan fingerprint density at radius 2 is 2.12 bits per heavy atom. The number of aromatic amines is 1. The van der Waals surface area contributed by atoms with Gasteiger partial charge in [-0.15, -0.1) is 0 Å². The zero-order valence-corrected chi connectivity index (χ0v) is 15.1. The molecule has 0 atom stereocenters. The van der Waals surface area contributed by atoms with Gasteiger partial charge in [0.2, 0.25) is 11.7 Å². The number of aromatic nitrogens is 4. The number of nitrogens with zero attached hydrogens (tertiary/aromatic N) is 4. The molecule has 0 aliphatic rings. The van der Waals surface area contributed by atoms with Crippen molar-refractivity contribution in [3.8, 4) is 11.4 Å². The van der Waals surface area contributed by atoms with Crippen molar-refractivity contribution >= 4 is 0 Å². The SMILES string of the molecule is CCCCc1ncc(CN(C)Cc2nc(-c3cccc(C)c3)no2)[nH]1. The Morgan fingerprint density at radius 1 is 1.24 bits per heavy atom. The predicted molar refractivity (Wildman–Crippen MR) is 96.8 cm³/mol. The van der Waals surface area contributed by atoms with E-state index in [0.717, 1.165) is 36.5 Å². The predicted octanol–water partition coefficient (Wildman–Crippen LogP) is 3.74. The van der Waals surface area contributed by atoms with Crippen LogP contribution >= 0.6 is 0 Å². The highest BCUT2D eigenvalue weighted by Crippen LogP contribution is 2.17. The smallest absolute Gasteiger partial charge is 0.241 e. The average molecular weight is 339 g/mol.